The fourth-order valence-electron chi connectivity index (χ4n) is 3.98. The van der Waals surface area contributed by atoms with Crippen LogP contribution in [0.15, 0.2) is 36.5 Å². The smallest absolute Gasteiger partial charge is 0.254 e. The lowest BCUT2D eigenvalue weighted by Crippen LogP contribution is -2.39. The van der Waals surface area contributed by atoms with E-state index in [1.54, 1.807) is 32.3 Å². The fraction of sp³-hybridized carbons (Fsp3) is 0.458. The van der Waals surface area contributed by atoms with E-state index in [0.29, 0.717) is 18.5 Å². The third-order valence-electron chi connectivity index (χ3n) is 5.72. The summed E-state index contributed by atoms with van der Waals surface area (Å²) in [6.45, 7) is 3.51. The van der Waals surface area contributed by atoms with Crippen LogP contribution in [0.2, 0.25) is 0 Å². The van der Waals surface area contributed by atoms with E-state index >= 15 is 0 Å². The van der Waals surface area contributed by atoms with Crippen LogP contribution in [0.25, 0.3) is 0 Å². The number of piperidine rings is 1. The molecule has 3 rings (SSSR count). The molecule has 0 bridgehead atoms. The maximum Gasteiger partial charge on any atom is 0.254 e. The molecule has 2 heterocycles. The number of hydrogen-bond acceptors (Lipinski definition) is 4. The van der Waals surface area contributed by atoms with Crippen LogP contribution in [0.1, 0.15) is 52.4 Å². The average Bonchev–Trinajstić information content (AvgIpc) is 2.77. The predicted octanol–water partition coefficient (Wildman–Crippen LogP) is 3.44. The molecule has 30 heavy (non-hydrogen) atoms. The van der Waals surface area contributed by atoms with E-state index in [-0.39, 0.29) is 17.7 Å². The zero-order chi connectivity index (χ0) is 21.7. The van der Waals surface area contributed by atoms with Gasteiger partial charge in [0.1, 0.15) is 5.75 Å². The minimum Gasteiger partial charge on any atom is -0.496 e. The molecule has 0 saturated carbocycles. The van der Waals surface area contributed by atoms with E-state index in [1.807, 2.05) is 36.1 Å². The molecular weight excluding hydrogens is 378 g/mol. The topological polar surface area (TPSA) is 62.7 Å². The number of aryl methyl sites for hydroxylation is 2. The number of pyridine rings is 1. The minimum absolute atomic E-state index is 0.0525. The first kappa shape index (κ1) is 21.8. The molecule has 0 aliphatic carbocycles. The first-order valence-electron chi connectivity index (χ1n) is 10.5. The van der Waals surface area contributed by atoms with Gasteiger partial charge in [-0.2, -0.15) is 0 Å². The molecule has 1 saturated heterocycles. The molecule has 1 aliphatic heterocycles. The molecule has 1 aliphatic rings. The Morgan fingerprint density at radius 3 is 2.67 bits per heavy atom. The first-order chi connectivity index (χ1) is 14.4. The lowest BCUT2D eigenvalue weighted by atomic mass is 9.93. The standard InChI is InChI=1S/C24H31N3O3/c1-17-14-18(7-11-22(17)30-4)8-12-23(28)27-13-5-6-20(16-27)21-10-9-19(15-25-21)24(29)26(2)3/h7,9-11,14-15,20H,5-6,8,12-13,16H2,1-4H3/t20-/m0/s1. The number of likely N-dealkylation sites (tertiary alicyclic amines) is 1. The third-order valence-corrected chi connectivity index (χ3v) is 5.72. The van der Waals surface area contributed by atoms with Gasteiger partial charge in [0, 0.05) is 51.4 Å². The molecular formula is C24H31N3O3. The van der Waals surface area contributed by atoms with Crippen LogP contribution in [0.3, 0.4) is 0 Å². The molecule has 1 aromatic carbocycles. The Kier molecular flexibility index (Phi) is 7.08. The van der Waals surface area contributed by atoms with E-state index in [2.05, 4.69) is 11.1 Å². The number of ether oxygens (including phenoxy) is 1. The zero-order valence-corrected chi connectivity index (χ0v) is 18.4. The van der Waals surface area contributed by atoms with E-state index in [4.69, 9.17) is 4.74 Å². The Morgan fingerprint density at radius 1 is 1.23 bits per heavy atom. The van der Waals surface area contributed by atoms with Crippen LogP contribution in [0, 0.1) is 6.92 Å². The van der Waals surface area contributed by atoms with Crippen LogP contribution in [-0.2, 0) is 11.2 Å². The molecule has 2 aromatic rings. The van der Waals surface area contributed by atoms with Gasteiger partial charge in [0.05, 0.1) is 12.7 Å². The SMILES string of the molecule is COc1ccc(CCC(=O)N2CCC[C@H](c3ccc(C(=O)N(C)C)cn3)C2)cc1C. The maximum atomic E-state index is 12.8. The van der Waals surface area contributed by atoms with Crippen molar-refractivity contribution in [2.45, 2.75) is 38.5 Å². The Balaban J connectivity index is 1.58. The van der Waals surface area contributed by atoms with Gasteiger partial charge < -0.3 is 14.5 Å². The second-order valence-electron chi connectivity index (χ2n) is 8.15. The summed E-state index contributed by atoms with van der Waals surface area (Å²) in [5.74, 6) is 1.22. The molecule has 0 N–H and O–H groups in total. The zero-order valence-electron chi connectivity index (χ0n) is 18.4. The average molecular weight is 410 g/mol. The minimum atomic E-state index is -0.0525. The molecule has 0 spiro atoms. The molecule has 0 unspecified atom stereocenters. The Bertz CT molecular complexity index is 893. The summed E-state index contributed by atoms with van der Waals surface area (Å²) in [6.07, 6.45) is 4.85. The number of benzene rings is 1. The number of amides is 2. The summed E-state index contributed by atoms with van der Waals surface area (Å²) in [4.78, 5) is 32.9. The second kappa shape index (κ2) is 9.74. The highest BCUT2D eigenvalue weighted by Gasteiger charge is 2.25. The van der Waals surface area contributed by atoms with Crippen LogP contribution in [0.4, 0.5) is 0 Å². The monoisotopic (exact) mass is 409 g/mol. The van der Waals surface area contributed by atoms with Gasteiger partial charge in [-0.15, -0.1) is 0 Å². The van der Waals surface area contributed by atoms with E-state index in [1.165, 1.54) is 0 Å². The van der Waals surface area contributed by atoms with E-state index < -0.39 is 0 Å². The lowest BCUT2D eigenvalue weighted by Gasteiger charge is -2.32. The quantitative estimate of drug-likeness (QED) is 0.733. The van der Waals surface area contributed by atoms with Crippen LogP contribution in [0.5, 0.6) is 5.75 Å². The van der Waals surface area contributed by atoms with Crippen molar-refractivity contribution in [1.82, 2.24) is 14.8 Å². The Hall–Kier alpha value is -2.89. The van der Waals surface area contributed by atoms with Crippen molar-refractivity contribution in [1.29, 1.82) is 0 Å². The predicted molar refractivity (Wildman–Crippen MR) is 117 cm³/mol. The second-order valence-corrected chi connectivity index (χ2v) is 8.15. The molecule has 1 atom stereocenters. The van der Waals surface area contributed by atoms with Crippen molar-refractivity contribution >= 4 is 11.8 Å². The van der Waals surface area contributed by atoms with Gasteiger partial charge in [-0.1, -0.05) is 12.1 Å². The van der Waals surface area contributed by atoms with Crippen molar-refractivity contribution in [2.24, 2.45) is 0 Å². The largest absolute Gasteiger partial charge is 0.496 e. The van der Waals surface area contributed by atoms with Crippen molar-refractivity contribution in [2.75, 3.05) is 34.3 Å². The van der Waals surface area contributed by atoms with E-state index in [9.17, 15) is 9.59 Å². The van der Waals surface area contributed by atoms with Crippen LogP contribution >= 0.6 is 0 Å². The summed E-state index contributed by atoms with van der Waals surface area (Å²) in [5.41, 5.74) is 3.77. The number of methoxy groups -OCH3 is 1. The summed E-state index contributed by atoms with van der Waals surface area (Å²) in [6, 6.07) is 9.83. The summed E-state index contributed by atoms with van der Waals surface area (Å²) < 4.78 is 5.30. The highest BCUT2D eigenvalue weighted by atomic mass is 16.5. The molecule has 160 valence electrons. The number of hydrogen-bond donors (Lipinski definition) is 0. The van der Waals surface area contributed by atoms with Gasteiger partial charge in [0.2, 0.25) is 5.91 Å². The lowest BCUT2D eigenvalue weighted by molar-refractivity contribution is -0.132. The third kappa shape index (κ3) is 5.17. The summed E-state index contributed by atoms with van der Waals surface area (Å²) >= 11 is 0. The van der Waals surface area contributed by atoms with Crippen molar-refractivity contribution < 1.29 is 14.3 Å². The van der Waals surface area contributed by atoms with Gasteiger partial charge in [0.25, 0.3) is 5.91 Å². The molecule has 6 nitrogen and oxygen atoms in total. The van der Waals surface area contributed by atoms with Gasteiger partial charge in [-0.05, 0) is 55.5 Å². The van der Waals surface area contributed by atoms with Crippen molar-refractivity contribution in [3.63, 3.8) is 0 Å². The van der Waals surface area contributed by atoms with Gasteiger partial charge >= 0.3 is 0 Å². The fourth-order valence-corrected chi connectivity index (χ4v) is 3.98. The molecule has 6 heteroatoms. The molecule has 1 aromatic heterocycles. The number of nitrogens with zero attached hydrogens (tertiary/aromatic N) is 3. The maximum absolute atomic E-state index is 12.8. The molecule has 2 amide bonds. The van der Waals surface area contributed by atoms with E-state index in [0.717, 1.165) is 48.4 Å². The molecule has 0 radical (unpaired) electrons. The highest BCUT2D eigenvalue weighted by molar-refractivity contribution is 5.93. The van der Waals surface area contributed by atoms with Gasteiger partial charge in [-0.25, -0.2) is 0 Å². The summed E-state index contributed by atoms with van der Waals surface area (Å²) in [7, 11) is 5.13. The Labute approximate surface area is 178 Å². The van der Waals surface area contributed by atoms with Gasteiger partial charge in [-0.3, -0.25) is 14.6 Å². The van der Waals surface area contributed by atoms with Crippen molar-refractivity contribution in [3.05, 3.63) is 58.9 Å². The number of carbonyl (C=O) groups excluding carboxylic acids is 2. The first-order valence-corrected chi connectivity index (χ1v) is 10.5. The van der Waals surface area contributed by atoms with Crippen LogP contribution < -0.4 is 4.74 Å². The number of rotatable bonds is 6. The van der Waals surface area contributed by atoms with Crippen LogP contribution in [-0.4, -0.2) is 60.9 Å². The number of carbonyl (C=O) groups is 2. The Morgan fingerprint density at radius 2 is 2.03 bits per heavy atom. The number of aromatic nitrogens is 1. The summed E-state index contributed by atoms with van der Waals surface area (Å²) in [5, 5.41) is 0. The highest BCUT2D eigenvalue weighted by Crippen LogP contribution is 2.26. The van der Waals surface area contributed by atoms with Crippen molar-refractivity contribution in [3.8, 4) is 5.75 Å². The van der Waals surface area contributed by atoms with Gasteiger partial charge in [0.15, 0.2) is 0 Å². The normalized spacial score (nSPS) is 16.3. The molecule has 1 fully saturated rings.